The van der Waals surface area contributed by atoms with Crippen LogP contribution in [0.15, 0.2) is 170 Å². The van der Waals surface area contributed by atoms with Gasteiger partial charge in [-0.05, 0) is 72.3 Å². The first-order valence-electron chi connectivity index (χ1n) is 15.3. The van der Waals surface area contributed by atoms with Gasteiger partial charge in [0.2, 0.25) is 0 Å². The molecule has 0 spiro atoms. The van der Waals surface area contributed by atoms with Crippen LogP contribution in [0, 0.1) is 0 Å². The normalized spacial score (nSPS) is 11.6. The Morgan fingerprint density at radius 3 is 1.76 bits per heavy atom. The molecule has 0 aliphatic carbocycles. The van der Waals surface area contributed by atoms with Crippen molar-refractivity contribution < 1.29 is 0 Å². The second kappa shape index (κ2) is 10.5. The van der Waals surface area contributed by atoms with E-state index in [0.717, 1.165) is 22.7 Å². The molecule has 0 aliphatic rings. The number of anilines is 3. The molecule has 2 aromatic heterocycles. The molecule has 0 bridgehead atoms. The molecule has 0 radical (unpaired) electrons. The van der Waals surface area contributed by atoms with Crippen molar-refractivity contribution >= 4 is 70.4 Å². The average Bonchev–Trinajstić information content (AvgIpc) is 3.64. The van der Waals surface area contributed by atoms with Crippen LogP contribution in [0.1, 0.15) is 0 Å². The monoisotopic (exact) mass is 592 g/mol. The Balaban J connectivity index is 1.40. The first kappa shape index (κ1) is 25.8. The average molecular weight is 593 g/mol. The second-order valence-corrected chi connectivity index (χ2v) is 12.5. The zero-order chi connectivity index (χ0) is 29.7. The maximum Gasteiger partial charge on any atom is 0.0548 e. The molecule has 0 amide bonds. The van der Waals surface area contributed by atoms with Crippen LogP contribution in [-0.2, 0) is 0 Å². The molecule has 0 aliphatic heterocycles. The third-order valence-electron chi connectivity index (χ3n) is 8.76. The van der Waals surface area contributed by atoms with Gasteiger partial charge in [0, 0.05) is 53.6 Å². The Bertz CT molecular complexity index is 2440. The fourth-order valence-electron chi connectivity index (χ4n) is 6.75. The summed E-state index contributed by atoms with van der Waals surface area (Å²) in [5.74, 6) is 0. The molecule has 0 atom stereocenters. The topological polar surface area (TPSA) is 8.17 Å². The summed E-state index contributed by atoms with van der Waals surface area (Å²) in [5.41, 5.74) is 9.34. The number of rotatable bonds is 5. The number of fused-ring (bicyclic) bond motifs is 6. The Hall–Kier alpha value is -5.64. The van der Waals surface area contributed by atoms with Gasteiger partial charge >= 0.3 is 0 Å². The van der Waals surface area contributed by atoms with Gasteiger partial charge in [0.1, 0.15) is 0 Å². The lowest BCUT2D eigenvalue weighted by Crippen LogP contribution is -2.11. The summed E-state index contributed by atoms with van der Waals surface area (Å²) < 4.78 is 5.03. The zero-order valence-corrected chi connectivity index (χ0v) is 25.3. The Morgan fingerprint density at radius 2 is 1.02 bits per heavy atom. The zero-order valence-electron chi connectivity index (χ0n) is 24.5. The van der Waals surface area contributed by atoms with E-state index in [0.29, 0.717) is 0 Å². The van der Waals surface area contributed by atoms with Crippen molar-refractivity contribution in [3.63, 3.8) is 0 Å². The molecular weight excluding hydrogens is 565 g/mol. The Kier molecular flexibility index (Phi) is 6.03. The van der Waals surface area contributed by atoms with E-state index in [1.54, 1.807) is 0 Å². The fourth-order valence-corrected chi connectivity index (χ4v) is 7.90. The number of hydrogen-bond acceptors (Lipinski definition) is 2. The summed E-state index contributed by atoms with van der Waals surface area (Å²) in [6.45, 7) is 0. The van der Waals surface area contributed by atoms with Crippen molar-refractivity contribution in [2.45, 2.75) is 0 Å². The summed E-state index contributed by atoms with van der Waals surface area (Å²) in [6.07, 6.45) is 0. The molecule has 7 aromatic carbocycles. The highest BCUT2D eigenvalue weighted by Gasteiger charge is 2.22. The predicted molar refractivity (Wildman–Crippen MR) is 194 cm³/mol. The van der Waals surface area contributed by atoms with E-state index in [1.165, 1.54) is 53.1 Å². The van der Waals surface area contributed by atoms with Gasteiger partial charge in [0.25, 0.3) is 0 Å². The quantitative estimate of drug-likeness (QED) is 0.193. The lowest BCUT2D eigenvalue weighted by atomic mass is 9.98. The van der Waals surface area contributed by atoms with Crippen LogP contribution in [0.2, 0.25) is 0 Å². The van der Waals surface area contributed by atoms with Gasteiger partial charge < -0.3 is 9.47 Å². The van der Waals surface area contributed by atoms with E-state index in [9.17, 15) is 0 Å². The molecule has 45 heavy (non-hydrogen) atoms. The van der Waals surface area contributed by atoms with Gasteiger partial charge in [0.15, 0.2) is 0 Å². The molecule has 0 fully saturated rings. The number of aromatic nitrogens is 1. The second-order valence-electron chi connectivity index (χ2n) is 11.4. The third-order valence-corrected chi connectivity index (χ3v) is 9.90. The van der Waals surface area contributed by atoms with E-state index < -0.39 is 0 Å². The molecule has 9 aromatic rings. The molecule has 0 unspecified atom stereocenters. The molecule has 0 saturated carbocycles. The first-order valence-corrected chi connectivity index (χ1v) is 16.1. The maximum atomic E-state index is 2.41. The van der Waals surface area contributed by atoms with Gasteiger partial charge in [-0.25, -0.2) is 0 Å². The van der Waals surface area contributed by atoms with Crippen LogP contribution < -0.4 is 4.90 Å². The van der Waals surface area contributed by atoms with Crippen LogP contribution in [0.5, 0.6) is 0 Å². The van der Waals surface area contributed by atoms with Gasteiger partial charge in [-0.3, -0.25) is 0 Å². The first-order chi connectivity index (χ1) is 22.3. The number of benzene rings is 7. The standard InChI is InChI=1S/C42H28N2S/c1-4-14-30(15-5-1)43(31-16-6-2-7-17-31)39-28-37-33-20-10-12-22-38(33)44(32-18-8-3-9-19-32)40(37)27-36(39)29-24-25-35-34-21-11-13-23-41(34)45-42(35)26-29/h1-28H. The van der Waals surface area contributed by atoms with Gasteiger partial charge in [0.05, 0.1) is 16.7 Å². The maximum absolute atomic E-state index is 2.41. The molecule has 0 N–H and O–H groups in total. The van der Waals surface area contributed by atoms with Gasteiger partial charge in [-0.2, -0.15) is 0 Å². The van der Waals surface area contributed by atoms with E-state index >= 15 is 0 Å². The Morgan fingerprint density at radius 1 is 0.422 bits per heavy atom. The van der Waals surface area contributed by atoms with E-state index in [4.69, 9.17) is 0 Å². The molecule has 3 heteroatoms. The van der Waals surface area contributed by atoms with Gasteiger partial charge in [-0.15, -0.1) is 11.3 Å². The van der Waals surface area contributed by atoms with Crippen molar-refractivity contribution in [2.75, 3.05) is 4.90 Å². The van der Waals surface area contributed by atoms with Crippen molar-refractivity contribution in [2.24, 2.45) is 0 Å². The van der Waals surface area contributed by atoms with Crippen LogP contribution >= 0.6 is 11.3 Å². The van der Waals surface area contributed by atoms with E-state index in [2.05, 4.69) is 179 Å². The van der Waals surface area contributed by atoms with Crippen molar-refractivity contribution in [1.82, 2.24) is 4.57 Å². The highest BCUT2D eigenvalue weighted by atomic mass is 32.1. The van der Waals surface area contributed by atoms with Crippen molar-refractivity contribution in [3.05, 3.63) is 170 Å². The Labute approximate surface area is 265 Å². The highest BCUT2D eigenvalue weighted by molar-refractivity contribution is 7.25. The minimum atomic E-state index is 1.12. The number of hydrogen-bond donors (Lipinski definition) is 0. The fraction of sp³-hybridized carbons (Fsp3) is 0. The minimum absolute atomic E-state index is 1.12. The minimum Gasteiger partial charge on any atom is -0.310 e. The SMILES string of the molecule is c1ccc(N(c2ccccc2)c2cc3c4ccccc4n(-c4ccccc4)c3cc2-c2ccc3c(c2)sc2ccccc23)cc1. The largest absolute Gasteiger partial charge is 0.310 e. The number of thiophene rings is 1. The third kappa shape index (κ3) is 4.24. The van der Waals surface area contributed by atoms with Crippen LogP contribution in [0.3, 0.4) is 0 Å². The summed E-state index contributed by atoms with van der Waals surface area (Å²) >= 11 is 1.87. The molecule has 9 rings (SSSR count). The summed E-state index contributed by atoms with van der Waals surface area (Å²) in [7, 11) is 0. The van der Waals surface area contributed by atoms with E-state index in [1.807, 2.05) is 11.3 Å². The predicted octanol–water partition coefficient (Wildman–Crippen LogP) is 12.3. The summed E-state index contributed by atoms with van der Waals surface area (Å²) in [6, 6.07) is 61.4. The summed E-state index contributed by atoms with van der Waals surface area (Å²) in [5, 5.41) is 5.10. The van der Waals surface area contributed by atoms with Crippen LogP contribution in [0.4, 0.5) is 17.1 Å². The molecular formula is C42H28N2S. The number of para-hydroxylation sites is 4. The lowest BCUT2D eigenvalue weighted by Gasteiger charge is -2.28. The van der Waals surface area contributed by atoms with Crippen LogP contribution in [0.25, 0.3) is 58.8 Å². The molecule has 2 nitrogen and oxygen atoms in total. The van der Waals surface area contributed by atoms with Gasteiger partial charge in [-0.1, -0.05) is 103 Å². The molecule has 0 saturated heterocycles. The van der Waals surface area contributed by atoms with E-state index in [-0.39, 0.29) is 0 Å². The van der Waals surface area contributed by atoms with Crippen LogP contribution in [-0.4, -0.2) is 4.57 Å². The molecule has 212 valence electrons. The van der Waals surface area contributed by atoms with Crippen molar-refractivity contribution in [3.8, 4) is 16.8 Å². The smallest absolute Gasteiger partial charge is 0.0548 e. The number of nitrogens with zero attached hydrogens (tertiary/aromatic N) is 2. The summed E-state index contributed by atoms with van der Waals surface area (Å²) in [4.78, 5) is 2.40. The highest BCUT2D eigenvalue weighted by Crippen LogP contribution is 2.46. The lowest BCUT2D eigenvalue weighted by molar-refractivity contribution is 1.18. The van der Waals surface area contributed by atoms with Crippen molar-refractivity contribution in [1.29, 1.82) is 0 Å². The molecule has 2 heterocycles.